The Labute approximate surface area is 161 Å². The van der Waals surface area contributed by atoms with E-state index in [-0.39, 0.29) is 17.6 Å². The molecule has 0 unspecified atom stereocenters. The Kier molecular flexibility index (Phi) is 4.76. The molecule has 10 heteroatoms. The van der Waals surface area contributed by atoms with Crippen LogP contribution < -0.4 is 16.4 Å². The molecule has 0 radical (unpaired) electrons. The van der Waals surface area contributed by atoms with E-state index in [0.717, 1.165) is 37.7 Å². The minimum atomic E-state index is -0.650. The average molecular weight is 474 g/mol. The molecule has 0 bridgehead atoms. The van der Waals surface area contributed by atoms with Crippen LogP contribution in [0.1, 0.15) is 37.7 Å². The Morgan fingerprint density at radius 3 is 2.52 bits per heavy atom. The van der Waals surface area contributed by atoms with Crippen LogP contribution in [0, 0.1) is 17.0 Å². The van der Waals surface area contributed by atoms with Gasteiger partial charge >= 0.3 is 0 Å². The van der Waals surface area contributed by atoms with E-state index in [9.17, 15) is 10.1 Å². The third kappa shape index (κ3) is 3.01. The molecule has 0 atom stereocenters. The lowest BCUT2D eigenvalue weighted by atomic mass is 9.87. The van der Waals surface area contributed by atoms with Crippen molar-refractivity contribution in [3.05, 3.63) is 30.7 Å². The molecule has 1 fully saturated rings. The summed E-state index contributed by atoms with van der Waals surface area (Å²) in [4.78, 5) is 21.6. The number of nitro benzene ring substituents is 1. The first-order chi connectivity index (χ1) is 11.8. The fraction of sp³-hybridized carbons (Fsp3) is 0.467. The van der Waals surface area contributed by atoms with E-state index < -0.39 is 10.6 Å². The van der Waals surface area contributed by atoms with Crippen molar-refractivity contribution >= 4 is 55.2 Å². The SMILES string of the molecule is Cc1cc(Br)c([N+](=O)[O-])c(Br)c1N1C(N)=NC(N)=NC12CCCCC2. The normalized spacial score (nSPS) is 19.6. The maximum absolute atomic E-state index is 11.5. The highest BCUT2D eigenvalue weighted by Gasteiger charge is 2.44. The average Bonchev–Trinajstić information content (AvgIpc) is 2.49. The molecule has 1 saturated carbocycles. The number of benzene rings is 1. The number of aliphatic imine (C=N–C) groups is 2. The van der Waals surface area contributed by atoms with Gasteiger partial charge in [-0.15, -0.1) is 0 Å². The van der Waals surface area contributed by atoms with Gasteiger partial charge in [0.25, 0.3) is 5.69 Å². The second-order valence-corrected chi connectivity index (χ2v) is 7.91. The molecule has 1 aromatic carbocycles. The molecule has 1 aliphatic carbocycles. The summed E-state index contributed by atoms with van der Waals surface area (Å²) in [6.07, 6.45) is 4.60. The third-order valence-corrected chi connectivity index (χ3v) is 5.97. The van der Waals surface area contributed by atoms with Gasteiger partial charge in [0.2, 0.25) is 11.9 Å². The zero-order valence-corrected chi connectivity index (χ0v) is 16.8. The number of halogens is 2. The summed E-state index contributed by atoms with van der Waals surface area (Å²) >= 11 is 6.68. The van der Waals surface area contributed by atoms with E-state index >= 15 is 0 Å². The van der Waals surface area contributed by atoms with E-state index in [1.807, 2.05) is 6.92 Å². The number of hydrogen-bond acceptors (Lipinski definition) is 7. The fourth-order valence-corrected chi connectivity index (χ4v) is 5.40. The Morgan fingerprint density at radius 1 is 1.28 bits per heavy atom. The van der Waals surface area contributed by atoms with Crippen molar-refractivity contribution in [2.24, 2.45) is 21.5 Å². The largest absolute Gasteiger partial charge is 0.369 e. The van der Waals surface area contributed by atoms with Crippen LogP contribution in [-0.4, -0.2) is 22.5 Å². The second-order valence-electron chi connectivity index (χ2n) is 6.26. The summed E-state index contributed by atoms with van der Waals surface area (Å²) in [6, 6.07) is 1.71. The molecule has 25 heavy (non-hydrogen) atoms. The smallest absolute Gasteiger partial charge is 0.299 e. The molecule has 1 aliphatic heterocycles. The molecule has 0 saturated heterocycles. The van der Waals surface area contributed by atoms with Crippen LogP contribution in [0.15, 0.2) is 25.0 Å². The zero-order valence-electron chi connectivity index (χ0n) is 13.6. The first kappa shape index (κ1) is 18.1. The highest BCUT2D eigenvalue weighted by atomic mass is 79.9. The van der Waals surface area contributed by atoms with Crippen molar-refractivity contribution in [2.45, 2.75) is 44.7 Å². The lowest BCUT2D eigenvalue weighted by Crippen LogP contribution is -2.58. The first-order valence-corrected chi connectivity index (χ1v) is 9.48. The third-order valence-electron chi connectivity index (χ3n) is 4.62. The molecule has 134 valence electrons. The first-order valence-electron chi connectivity index (χ1n) is 7.89. The molecule has 1 heterocycles. The van der Waals surface area contributed by atoms with Crippen molar-refractivity contribution in [1.29, 1.82) is 0 Å². The quantitative estimate of drug-likeness (QED) is 0.502. The highest BCUT2D eigenvalue weighted by Crippen LogP contribution is 2.47. The summed E-state index contributed by atoms with van der Waals surface area (Å²) in [5.41, 5.74) is 12.8. The zero-order chi connectivity index (χ0) is 18.4. The summed E-state index contributed by atoms with van der Waals surface area (Å²) in [5, 5.41) is 11.5. The predicted molar refractivity (Wildman–Crippen MR) is 105 cm³/mol. The Bertz CT molecular complexity index is 802. The minimum absolute atomic E-state index is 0.0538. The highest BCUT2D eigenvalue weighted by molar-refractivity contribution is 9.11. The van der Waals surface area contributed by atoms with Crippen molar-refractivity contribution in [3.63, 3.8) is 0 Å². The van der Waals surface area contributed by atoms with Crippen molar-refractivity contribution in [2.75, 3.05) is 4.90 Å². The Hall–Kier alpha value is -1.68. The maximum Gasteiger partial charge on any atom is 0.299 e. The van der Waals surface area contributed by atoms with Crippen LogP contribution in [-0.2, 0) is 0 Å². The van der Waals surface area contributed by atoms with Crippen LogP contribution in [0.2, 0.25) is 0 Å². The van der Waals surface area contributed by atoms with Crippen LogP contribution in [0.5, 0.6) is 0 Å². The molecule has 0 aromatic heterocycles. The number of nitrogens with zero attached hydrogens (tertiary/aromatic N) is 4. The van der Waals surface area contributed by atoms with Gasteiger partial charge in [-0.2, -0.15) is 4.99 Å². The Morgan fingerprint density at radius 2 is 1.92 bits per heavy atom. The van der Waals surface area contributed by atoms with Gasteiger partial charge < -0.3 is 11.5 Å². The molecule has 3 rings (SSSR count). The van der Waals surface area contributed by atoms with Crippen LogP contribution in [0.25, 0.3) is 0 Å². The maximum atomic E-state index is 11.5. The monoisotopic (exact) mass is 472 g/mol. The topological polar surface area (TPSA) is 123 Å². The molecule has 4 N–H and O–H groups in total. The summed E-state index contributed by atoms with van der Waals surface area (Å²) in [7, 11) is 0. The molecule has 1 aromatic rings. The lowest BCUT2D eigenvalue weighted by molar-refractivity contribution is -0.386. The van der Waals surface area contributed by atoms with Gasteiger partial charge in [-0.25, -0.2) is 4.99 Å². The number of anilines is 1. The molecular formula is C15H18Br2N6O2. The standard InChI is InChI=1S/C15H18Br2N6O2/c1-8-7-9(16)12(23(24)25)10(17)11(8)22-14(19)20-13(18)21-15(22)5-3-2-4-6-15/h7H,2-6H2,1H3,(H4,18,19,20,21). The van der Waals surface area contributed by atoms with E-state index in [1.165, 1.54) is 0 Å². The van der Waals surface area contributed by atoms with Crippen molar-refractivity contribution in [1.82, 2.24) is 0 Å². The molecule has 0 amide bonds. The van der Waals surface area contributed by atoms with Gasteiger partial charge in [0.05, 0.1) is 15.1 Å². The van der Waals surface area contributed by atoms with Gasteiger partial charge in [0, 0.05) is 0 Å². The predicted octanol–water partition coefficient (Wildman–Crippen LogP) is 3.54. The van der Waals surface area contributed by atoms with Gasteiger partial charge in [-0.1, -0.05) is 6.42 Å². The number of nitrogens with two attached hydrogens (primary N) is 2. The molecular weight excluding hydrogens is 456 g/mol. The van der Waals surface area contributed by atoms with E-state index in [4.69, 9.17) is 11.5 Å². The fourth-order valence-electron chi connectivity index (χ4n) is 3.60. The summed E-state index contributed by atoms with van der Waals surface area (Å²) in [6.45, 7) is 1.88. The number of hydrogen-bond donors (Lipinski definition) is 2. The number of aryl methyl sites for hydroxylation is 1. The molecule has 1 spiro atoms. The van der Waals surface area contributed by atoms with Crippen LogP contribution in [0.4, 0.5) is 11.4 Å². The summed E-state index contributed by atoms with van der Waals surface area (Å²) in [5.74, 6) is 0.353. The van der Waals surface area contributed by atoms with Gasteiger partial charge in [-0.3, -0.25) is 15.0 Å². The minimum Gasteiger partial charge on any atom is -0.369 e. The van der Waals surface area contributed by atoms with Crippen molar-refractivity contribution in [3.8, 4) is 0 Å². The van der Waals surface area contributed by atoms with Gasteiger partial charge in [-0.05, 0) is 76.1 Å². The van der Waals surface area contributed by atoms with Gasteiger partial charge in [0.15, 0.2) is 0 Å². The van der Waals surface area contributed by atoms with Crippen LogP contribution in [0.3, 0.4) is 0 Å². The molecule has 8 nitrogen and oxygen atoms in total. The molecule has 2 aliphatic rings. The number of guanidine groups is 2. The Balaban J connectivity index is 2.25. The second kappa shape index (κ2) is 6.56. The van der Waals surface area contributed by atoms with E-state index in [1.54, 1.807) is 11.0 Å². The number of nitro groups is 1. The lowest BCUT2D eigenvalue weighted by Gasteiger charge is -2.46. The van der Waals surface area contributed by atoms with Crippen LogP contribution >= 0.6 is 31.9 Å². The van der Waals surface area contributed by atoms with E-state index in [2.05, 4.69) is 41.8 Å². The number of rotatable bonds is 2. The van der Waals surface area contributed by atoms with E-state index in [0.29, 0.717) is 14.6 Å². The van der Waals surface area contributed by atoms with Gasteiger partial charge in [0.1, 0.15) is 10.1 Å². The van der Waals surface area contributed by atoms with Crippen molar-refractivity contribution < 1.29 is 4.92 Å². The summed E-state index contributed by atoms with van der Waals surface area (Å²) < 4.78 is 0.752.